The van der Waals surface area contributed by atoms with E-state index in [1.54, 1.807) is 18.2 Å². The molecule has 4 aromatic rings. The molecule has 28 heavy (non-hydrogen) atoms. The zero-order valence-corrected chi connectivity index (χ0v) is 15.1. The van der Waals surface area contributed by atoms with E-state index in [0.29, 0.717) is 27.9 Å². The SMILES string of the molecule is N#Cc1c(N)ncnc1NCc1cc2ncc(Cl)n2nc1-c1cccc(O)c1. The second-order valence-electron chi connectivity index (χ2n) is 5.87. The maximum atomic E-state index is 9.84. The third kappa shape index (κ3) is 3.13. The molecule has 0 saturated carbocycles. The number of nitriles is 1. The molecular weight excluding hydrogens is 380 g/mol. The van der Waals surface area contributed by atoms with Gasteiger partial charge in [-0.15, -0.1) is 0 Å². The lowest BCUT2D eigenvalue weighted by Crippen LogP contribution is -2.09. The van der Waals surface area contributed by atoms with Crippen molar-refractivity contribution < 1.29 is 5.11 Å². The third-order valence-electron chi connectivity index (χ3n) is 4.08. The van der Waals surface area contributed by atoms with E-state index in [2.05, 4.69) is 25.4 Å². The van der Waals surface area contributed by atoms with E-state index < -0.39 is 0 Å². The predicted octanol–water partition coefficient (Wildman–Crippen LogP) is 2.61. The van der Waals surface area contributed by atoms with Gasteiger partial charge in [0.2, 0.25) is 0 Å². The number of nitrogens with one attached hydrogen (secondary N) is 1. The first kappa shape index (κ1) is 17.5. The van der Waals surface area contributed by atoms with Gasteiger partial charge in [-0.1, -0.05) is 23.7 Å². The maximum absolute atomic E-state index is 9.84. The highest BCUT2D eigenvalue weighted by atomic mass is 35.5. The van der Waals surface area contributed by atoms with Crippen LogP contribution in [0.1, 0.15) is 11.1 Å². The summed E-state index contributed by atoms with van der Waals surface area (Å²) < 4.78 is 1.51. The molecule has 0 atom stereocenters. The van der Waals surface area contributed by atoms with E-state index in [1.807, 2.05) is 18.2 Å². The van der Waals surface area contributed by atoms with Gasteiger partial charge in [-0.25, -0.2) is 19.5 Å². The first-order chi connectivity index (χ1) is 13.6. The highest BCUT2D eigenvalue weighted by molar-refractivity contribution is 6.29. The molecule has 0 amide bonds. The van der Waals surface area contributed by atoms with Gasteiger partial charge in [0, 0.05) is 17.7 Å². The summed E-state index contributed by atoms with van der Waals surface area (Å²) in [6, 6.07) is 10.5. The molecule has 0 aliphatic rings. The van der Waals surface area contributed by atoms with E-state index >= 15 is 0 Å². The van der Waals surface area contributed by atoms with Crippen molar-refractivity contribution in [1.82, 2.24) is 24.6 Å². The Morgan fingerprint density at radius 3 is 2.89 bits per heavy atom. The minimum absolute atomic E-state index is 0.0989. The van der Waals surface area contributed by atoms with E-state index in [0.717, 1.165) is 5.56 Å². The number of halogens is 1. The summed E-state index contributed by atoms with van der Waals surface area (Å²) in [7, 11) is 0. The quantitative estimate of drug-likeness (QED) is 0.481. The Morgan fingerprint density at radius 2 is 2.11 bits per heavy atom. The topological polar surface area (TPSA) is 138 Å². The van der Waals surface area contributed by atoms with E-state index in [9.17, 15) is 10.4 Å². The van der Waals surface area contributed by atoms with Crippen LogP contribution in [-0.4, -0.2) is 29.7 Å². The number of hydrogen-bond acceptors (Lipinski definition) is 8. The maximum Gasteiger partial charge on any atom is 0.155 e. The number of phenolic OH excluding ortho intramolecular Hbond substituents is 1. The summed E-state index contributed by atoms with van der Waals surface area (Å²) in [6.07, 6.45) is 2.79. The number of imidazole rings is 1. The van der Waals surface area contributed by atoms with Crippen LogP contribution in [0.2, 0.25) is 5.15 Å². The summed E-state index contributed by atoms with van der Waals surface area (Å²) in [6.45, 7) is 0.282. The van der Waals surface area contributed by atoms with Crippen LogP contribution in [0.25, 0.3) is 16.9 Å². The molecule has 3 heterocycles. The second kappa shape index (κ2) is 7.02. The van der Waals surface area contributed by atoms with Crippen molar-refractivity contribution >= 4 is 28.9 Å². The summed E-state index contributed by atoms with van der Waals surface area (Å²) >= 11 is 6.15. The van der Waals surface area contributed by atoms with Gasteiger partial charge in [-0.3, -0.25) is 0 Å². The molecule has 4 rings (SSSR count). The molecule has 0 unspecified atom stereocenters. The number of aromatic hydroxyl groups is 1. The van der Waals surface area contributed by atoms with Crippen molar-refractivity contribution in [2.45, 2.75) is 6.54 Å². The van der Waals surface area contributed by atoms with Crippen LogP contribution >= 0.6 is 11.6 Å². The molecule has 0 spiro atoms. The van der Waals surface area contributed by atoms with Gasteiger partial charge in [0.15, 0.2) is 10.8 Å². The van der Waals surface area contributed by atoms with E-state index in [-0.39, 0.29) is 23.7 Å². The second-order valence-corrected chi connectivity index (χ2v) is 6.25. The van der Waals surface area contributed by atoms with Gasteiger partial charge in [0.1, 0.15) is 35.3 Å². The first-order valence-corrected chi connectivity index (χ1v) is 8.51. The Morgan fingerprint density at radius 1 is 1.25 bits per heavy atom. The Labute approximate surface area is 164 Å². The van der Waals surface area contributed by atoms with E-state index in [4.69, 9.17) is 17.3 Å². The Hall–Kier alpha value is -3.90. The van der Waals surface area contributed by atoms with Gasteiger partial charge in [-0.2, -0.15) is 10.4 Å². The largest absolute Gasteiger partial charge is 0.508 e. The molecule has 1 aromatic carbocycles. The number of benzene rings is 1. The van der Waals surface area contributed by atoms with Gasteiger partial charge in [0.25, 0.3) is 0 Å². The van der Waals surface area contributed by atoms with Crippen LogP contribution < -0.4 is 11.1 Å². The summed E-state index contributed by atoms with van der Waals surface area (Å²) in [5, 5.41) is 27.2. The van der Waals surface area contributed by atoms with E-state index in [1.165, 1.54) is 17.0 Å². The molecule has 10 heteroatoms. The molecule has 0 aliphatic carbocycles. The van der Waals surface area contributed by atoms with Gasteiger partial charge in [0.05, 0.1) is 11.9 Å². The third-order valence-corrected chi connectivity index (χ3v) is 4.34. The molecule has 0 radical (unpaired) electrons. The zero-order valence-electron chi connectivity index (χ0n) is 14.3. The summed E-state index contributed by atoms with van der Waals surface area (Å²) in [4.78, 5) is 12.1. The molecule has 9 nitrogen and oxygen atoms in total. The molecule has 4 N–H and O–H groups in total. The normalized spacial score (nSPS) is 10.7. The van der Waals surface area contributed by atoms with Crippen LogP contribution in [0.15, 0.2) is 42.9 Å². The van der Waals surface area contributed by atoms with Gasteiger partial charge >= 0.3 is 0 Å². The number of phenols is 1. The minimum atomic E-state index is 0.0989. The zero-order chi connectivity index (χ0) is 19.7. The number of aromatic nitrogens is 5. The first-order valence-electron chi connectivity index (χ1n) is 8.14. The number of nitrogens with zero attached hydrogens (tertiary/aromatic N) is 6. The number of nitrogen functional groups attached to an aromatic ring is 1. The molecule has 138 valence electrons. The number of rotatable bonds is 4. The molecule has 0 bridgehead atoms. The fourth-order valence-corrected chi connectivity index (χ4v) is 2.95. The van der Waals surface area contributed by atoms with Crippen LogP contribution in [0.3, 0.4) is 0 Å². The average molecular weight is 393 g/mol. The Kier molecular flexibility index (Phi) is 4.39. The van der Waals surface area contributed by atoms with Crippen LogP contribution in [0, 0.1) is 11.3 Å². The fraction of sp³-hybridized carbons (Fsp3) is 0.0556. The number of nitrogens with two attached hydrogens (primary N) is 1. The van der Waals surface area contributed by atoms with Crippen LogP contribution in [-0.2, 0) is 6.54 Å². The monoisotopic (exact) mass is 392 g/mol. The lowest BCUT2D eigenvalue weighted by molar-refractivity contribution is 0.475. The Bertz CT molecular complexity index is 1230. The number of hydrogen-bond donors (Lipinski definition) is 3. The van der Waals surface area contributed by atoms with Crippen molar-refractivity contribution in [3.63, 3.8) is 0 Å². The molecule has 0 saturated heterocycles. The highest BCUT2D eigenvalue weighted by Gasteiger charge is 2.14. The minimum Gasteiger partial charge on any atom is -0.508 e. The fourth-order valence-electron chi connectivity index (χ4n) is 2.78. The molecule has 0 aliphatic heterocycles. The number of fused-ring (bicyclic) bond motifs is 1. The number of anilines is 2. The van der Waals surface area contributed by atoms with Crippen LogP contribution in [0.4, 0.5) is 11.6 Å². The smallest absolute Gasteiger partial charge is 0.155 e. The summed E-state index contributed by atoms with van der Waals surface area (Å²) in [5.41, 5.74) is 8.52. The Balaban J connectivity index is 1.79. The van der Waals surface area contributed by atoms with Crippen molar-refractivity contribution in [3.05, 3.63) is 59.1 Å². The standard InChI is InChI=1S/C18H13ClN8O/c19-14-8-22-15-5-11(7-23-18-13(6-20)17(21)24-9-25-18)16(26-27(14)15)10-2-1-3-12(28)4-10/h1-5,8-9,28H,7H2,(H3,21,23,24,25). The highest BCUT2D eigenvalue weighted by Crippen LogP contribution is 2.27. The molecule has 0 fully saturated rings. The summed E-state index contributed by atoms with van der Waals surface area (Å²) in [5.74, 6) is 0.533. The predicted molar refractivity (Wildman–Crippen MR) is 104 cm³/mol. The molecule has 3 aromatic heterocycles. The lowest BCUT2D eigenvalue weighted by atomic mass is 10.1. The van der Waals surface area contributed by atoms with Gasteiger partial charge < -0.3 is 16.2 Å². The van der Waals surface area contributed by atoms with Crippen molar-refractivity contribution in [1.29, 1.82) is 5.26 Å². The molecular formula is C18H13ClN8O. The van der Waals surface area contributed by atoms with Gasteiger partial charge in [-0.05, 0) is 18.2 Å². The van der Waals surface area contributed by atoms with Crippen molar-refractivity contribution in [3.8, 4) is 23.1 Å². The lowest BCUT2D eigenvalue weighted by Gasteiger charge is -2.12. The van der Waals surface area contributed by atoms with Crippen molar-refractivity contribution in [2.24, 2.45) is 0 Å². The van der Waals surface area contributed by atoms with Crippen LogP contribution in [0.5, 0.6) is 5.75 Å². The van der Waals surface area contributed by atoms with Crippen molar-refractivity contribution in [2.75, 3.05) is 11.1 Å². The average Bonchev–Trinajstić information content (AvgIpc) is 3.05.